The number of nitrogens with zero attached hydrogens (tertiary/aromatic N) is 2. The molecule has 6 nitrogen and oxygen atoms in total. The summed E-state index contributed by atoms with van der Waals surface area (Å²) >= 11 is 0. The molecule has 0 spiro atoms. The third kappa shape index (κ3) is 4.93. The number of ether oxygens (including phenoxy) is 2. The molecule has 1 atom stereocenters. The summed E-state index contributed by atoms with van der Waals surface area (Å²) in [5.74, 6) is -1.03. The molecule has 0 saturated carbocycles. The van der Waals surface area contributed by atoms with E-state index in [0.717, 1.165) is 0 Å². The molecule has 148 valence electrons. The molecule has 1 aliphatic heterocycles. The predicted octanol–water partition coefficient (Wildman–Crippen LogP) is 2.63. The predicted molar refractivity (Wildman–Crippen MR) is 92.8 cm³/mol. The maximum Gasteiger partial charge on any atom is 0.406 e. The second kappa shape index (κ2) is 8.32. The van der Waals surface area contributed by atoms with Crippen molar-refractivity contribution in [3.05, 3.63) is 30.9 Å². The minimum absolute atomic E-state index is 0.00134. The van der Waals surface area contributed by atoms with Crippen molar-refractivity contribution < 1.29 is 32.2 Å². The summed E-state index contributed by atoms with van der Waals surface area (Å²) in [5.41, 5.74) is 0.485. The van der Waals surface area contributed by atoms with Crippen LogP contribution in [0.2, 0.25) is 0 Å². The number of rotatable bonds is 7. The zero-order valence-electron chi connectivity index (χ0n) is 15.1. The minimum atomic E-state index is -4.52. The molecule has 0 radical (unpaired) electrons. The van der Waals surface area contributed by atoms with Gasteiger partial charge in [-0.05, 0) is 12.1 Å². The molecule has 1 heterocycles. The molecule has 1 saturated heterocycles. The molecule has 2 amide bonds. The topological polar surface area (TPSA) is 59.1 Å². The number of methoxy groups -OCH3 is 2. The summed E-state index contributed by atoms with van der Waals surface area (Å²) in [6, 6.07) is 4.83. The number of amides is 2. The monoisotopic (exact) mass is 386 g/mol. The van der Waals surface area contributed by atoms with Crippen LogP contribution >= 0.6 is 0 Å². The Kier molecular flexibility index (Phi) is 6.35. The van der Waals surface area contributed by atoms with E-state index < -0.39 is 24.5 Å². The molecule has 1 aromatic rings. The Morgan fingerprint density at radius 2 is 2.00 bits per heavy atom. The number of anilines is 1. The van der Waals surface area contributed by atoms with E-state index in [0.29, 0.717) is 22.1 Å². The summed E-state index contributed by atoms with van der Waals surface area (Å²) in [6.45, 7) is 1.77. The third-order valence-corrected chi connectivity index (χ3v) is 4.18. The molecular formula is C18H21F3N2O4. The fourth-order valence-electron chi connectivity index (χ4n) is 2.98. The van der Waals surface area contributed by atoms with Gasteiger partial charge in [-0.2, -0.15) is 13.2 Å². The van der Waals surface area contributed by atoms with Crippen LogP contribution in [0.1, 0.15) is 6.42 Å². The molecule has 0 aliphatic carbocycles. The number of carbonyl (C=O) groups is 2. The van der Waals surface area contributed by atoms with Gasteiger partial charge in [0.25, 0.3) is 0 Å². The number of carbonyl (C=O) groups excluding carboxylic acids is 2. The summed E-state index contributed by atoms with van der Waals surface area (Å²) < 4.78 is 48.5. The molecule has 0 bridgehead atoms. The average Bonchev–Trinajstić information content (AvgIpc) is 3.00. The number of hydrogen-bond acceptors (Lipinski definition) is 4. The summed E-state index contributed by atoms with van der Waals surface area (Å²) in [6.07, 6.45) is -3.45. The largest absolute Gasteiger partial charge is 0.493 e. The van der Waals surface area contributed by atoms with E-state index in [-0.39, 0.29) is 25.4 Å². The molecule has 1 unspecified atom stereocenters. The van der Waals surface area contributed by atoms with Crippen molar-refractivity contribution in [2.24, 2.45) is 5.92 Å². The number of hydrogen-bond donors (Lipinski definition) is 0. The Bertz CT molecular complexity index is 721. The average molecular weight is 386 g/mol. The third-order valence-electron chi connectivity index (χ3n) is 4.18. The van der Waals surface area contributed by atoms with Gasteiger partial charge < -0.3 is 19.3 Å². The van der Waals surface area contributed by atoms with E-state index in [9.17, 15) is 22.8 Å². The summed E-state index contributed by atoms with van der Waals surface area (Å²) in [5, 5.41) is 0. The van der Waals surface area contributed by atoms with Crippen LogP contribution in [0, 0.1) is 5.92 Å². The molecule has 1 aliphatic rings. The Morgan fingerprint density at radius 3 is 2.56 bits per heavy atom. The van der Waals surface area contributed by atoms with Gasteiger partial charge in [-0.3, -0.25) is 9.59 Å². The Labute approximate surface area is 155 Å². The Hall–Kier alpha value is -2.71. The van der Waals surface area contributed by atoms with Crippen LogP contribution in [0.15, 0.2) is 30.9 Å². The van der Waals surface area contributed by atoms with Gasteiger partial charge in [0.2, 0.25) is 11.8 Å². The van der Waals surface area contributed by atoms with Crippen molar-refractivity contribution in [1.82, 2.24) is 4.90 Å². The lowest BCUT2D eigenvalue weighted by Gasteiger charge is -2.25. The van der Waals surface area contributed by atoms with Gasteiger partial charge in [-0.25, -0.2) is 0 Å². The highest BCUT2D eigenvalue weighted by molar-refractivity contribution is 6.00. The van der Waals surface area contributed by atoms with Crippen LogP contribution in [-0.4, -0.2) is 56.7 Å². The van der Waals surface area contributed by atoms with E-state index in [1.807, 2.05) is 0 Å². The molecule has 27 heavy (non-hydrogen) atoms. The molecule has 2 rings (SSSR count). The van der Waals surface area contributed by atoms with Crippen LogP contribution in [0.5, 0.6) is 11.5 Å². The highest BCUT2D eigenvalue weighted by Gasteiger charge is 2.40. The lowest BCUT2D eigenvalue weighted by molar-refractivity contribution is -0.162. The van der Waals surface area contributed by atoms with Crippen LogP contribution in [0.25, 0.3) is 0 Å². The van der Waals surface area contributed by atoms with Crippen molar-refractivity contribution in [3.8, 4) is 11.5 Å². The van der Waals surface area contributed by atoms with Crippen LogP contribution < -0.4 is 14.4 Å². The minimum Gasteiger partial charge on any atom is -0.493 e. The SMILES string of the molecule is C=CCN(CC(F)(F)F)C(=O)C1CC(=O)N(c2ccc(OC)c(OC)c2)C1. The van der Waals surface area contributed by atoms with E-state index in [1.54, 1.807) is 18.2 Å². The van der Waals surface area contributed by atoms with E-state index in [2.05, 4.69) is 6.58 Å². The molecule has 0 aromatic heterocycles. The van der Waals surface area contributed by atoms with Crippen LogP contribution in [-0.2, 0) is 9.59 Å². The first-order valence-corrected chi connectivity index (χ1v) is 8.19. The molecule has 1 fully saturated rings. The Balaban J connectivity index is 2.18. The highest BCUT2D eigenvalue weighted by atomic mass is 19.4. The first-order chi connectivity index (χ1) is 12.7. The van der Waals surface area contributed by atoms with Gasteiger partial charge in [0, 0.05) is 31.3 Å². The highest BCUT2D eigenvalue weighted by Crippen LogP contribution is 2.34. The van der Waals surface area contributed by atoms with Crippen molar-refractivity contribution in [3.63, 3.8) is 0 Å². The quantitative estimate of drug-likeness (QED) is 0.676. The van der Waals surface area contributed by atoms with E-state index >= 15 is 0 Å². The number of alkyl halides is 3. The second-order valence-corrected chi connectivity index (χ2v) is 6.07. The fourth-order valence-corrected chi connectivity index (χ4v) is 2.98. The van der Waals surface area contributed by atoms with Gasteiger partial charge in [0.05, 0.1) is 20.1 Å². The van der Waals surface area contributed by atoms with Gasteiger partial charge in [0.1, 0.15) is 6.54 Å². The first-order valence-electron chi connectivity index (χ1n) is 8.19. The molecule has 0 N–H and O–H groups in total. The maximum atomic E-state index is 12.7. The maximum absolute atomic E-state index is 12.7. The van der Waals surface area contributed by atoms with Crippen molar-refractivity contribution in [1.29, 1.82) is 0 Å². The zero-order chi connectivity index (χ0) is 20.2. The smallest absolute Gasteiger partial charge is 0.406 e. The normalized spacial score (nSPS) is 17.0. The second-order valence-electron chi connectivity index (χ2n) is 6.07. The molecule has 1 aromatic carbocycles. The van der Waals surface area contributed by atoms with E-state index in [1.165, 1.54) is 25.2 Å². The van der Waals surface area contributed by atoms with Crippen molar-refractivity contribution in [2.75, 3.05) is 38.8 Å². The van der Waals surface area contributed by atoms with Crippen molar-refractivity contribution in [2.45, 2.75) is 12.6 Å². The van der Waals surface area contributed by atoms with Gasteiger partial charge in [-0.1, -0.05) is 6.08 Å². The van der Waals surface area contributed by atoms with Gasteiger partial charge in [-0.15, -0.1) is 6.58 Å². The van der Waals surface area contributed by atoms with Gasteiger partial charge >= 0.3 is 6.18 Å². The Morgan fingerprint density at radius 1 is 1.33 bits per heavy atom. The summed E-state index contributed by atoms with van der Waals surface area (Å²) in [7, 11) is 2.92. The zero-order valence-corrected chi connectivity index (χ0v) is 15.1. The van der Waals surface area contributed by atoms with Crippen LogP contribution in [0.3, 0.4) is 0 Å². The summed E-state index contributed by atoms with van der Waals surface area (Å²) in [4.78, 5) is 26.9. The molecule has 9 heteroatoms. The molecular weight excluding hydrogens is 365 g/mol. The number of halogens is 3. The lowest BCUT2D eigenvalue weighted by Crippen LogP contribution is -2.43. The number of benzene rings is 1. The standard InChI is InChI=1S/C18H21F3N2O4/c1-4-7-22(11-18(19,20)21)17(25)12-8-16(24)23(10-12)13-5-6-14(26-2)15(9-13)27-3/h4-6,9,12H,1,7-8,10-11H2,2-3H3. The first kappa shape index (κ1) is 20.6. The lowest BCUT2D eigenvalue weighted by atomic mass is 10.1. The van der Waals surface area contributed by atoms with Crippen molar-refractivity contribution >= 4 is 17.5 Å². The van der Waals surface area contributed by atoms with Crippen LogP contribution in [0.4, 0.5) is 18.9 Å². The van der Waals surface area contributed by atoms with Gasteiger partial charge in [0.15, 0.2) is 11.5 Å². The fraction of sp³-hybridized carbons (Fsp3) is 0.444. The van der Waals surface area contributed by atoms with E-state index in [4.69, 9.17) is 9.47 Å².